The molecule has 0 saturated carbocycles. The molecule has 8 heteroatoms. The monoisotopic (exact) mass is 482 g/mol. The average molecular weight is 483 g/mol. The van der Waals surface area contributed by atoms with Crippen LogP contribution in [0, 0.1) is 0 Å². The van der Waals surface area contributed by atoms with Crippen LogP contribution in [0.2, 0.25) is 0 Å². The van der Waals surface area contributed by atoms with Crippen LogP contribution in [0.4, 0.5) is 0 Å². The van der Waals surface area contributed by atoms with E-state index in [1.807, 2.05) is 6.07 Å². The lowest BCUT2D eigenvalue weighted by atomic mass is 10.0. The van der Waals surface area contributed by atoms with Crippen molar-refractivity contribution in [1.29, 1.82) is 0 Å². The molecule has 0 aliphatic rings. The van der Waals surface area contributed by atoms with Gasteiger partial charge in [0.15, 0.2) is 6.61 Å². The zero-order valence-electron chi connectivity index (χ0n) is 16.1. The van der Waals surface area contributed by atoms with Crippen LogP contribution in [0.15, 0.2) is 84.1 Å². The first kappa shape index (κ1) is 20.6. The van der Waals surface area contributed by atoms with E-state index in [0.717, 1.165) is 4.47 Å². The zero-order chi connectivity index (χ0) is 22.0. The molecular formula is C23H15BrO7. The van der Waals surface area contributed by atoms with Crippen LogP contribution in [-0.2, 0) is 9.53 Å². The van der Waals surface area contributed by atoms with Crippen LogP contribution in [0.5, 0.6) is 5.75 Å². The molecule has 0 saturated heterocycles. The fourth-order valence-corrected chi connectivity index (χ4v) is 3.45. The maximum Gasteiger partial charge on any atom is 0.344 e. The predicted octanol–water partition coefficient (Wildman–Crippen LogP) is 4.44. The van der Waals surface area contributed by atoms with Gasteiger partial charge in [0.2, 0.25) is 0 Å². The molecule has 0 fully saturated rings. The summed E-state index contributed by atoms with van der Waals surface area (Å²) in [7, 11) is 0. The third-order valence-electron chi connectivity index (χ3n) is 4.42. The Kier molecular flexibility index (Phi) is 5.73. The minimum atomic E-state index is -0.640. The van der Waals surface area contributed by atoms with E-state index in [0.29, 0.717) is 27.7 Å². The van der Waals surface area contributed by atoms with Gasteiger partial charge in [-0.1, -0.05) is 28.6 Å². The summed E-state index contributed by atoms with van der Waals surface area (Å²) < 4.78 is 21.8. The molecule has 156 valence electrons. The Bertz CT molecular complexity index is 1430. The fourth-order valence-electron chi connectivity index (χ4n) is 3.07. The summed E-state index contributed by atoms with van der Waals surface area (Å²) >= 11 is 3.39. The molecule has 2 heterocycles. The SMILES string of the molecule is C=CCOC(=O)COc1ccc2c(-c3cc4cc(Br)ccc4oc3=O)cc(=O)oc2c1. The maximum absolute atomic E-state index is 12.6. The topological polar surface area (TPSA) is 96.0 Å². The fraction of sp³-hybridized carbons (Fsp3) is 0.0870. The Balaban J connectivity index is 1.76. The number of carbonyl (C=O) groups is 1. The lowest BCUT2D eigenvalue weighted by Gasteiger charge is -2.09. The summed E-state index contributed by atoms with van der Waals surface area (Å²) in [5.41, 5.74) is 0.0197. The van der Waals surface area contributed by atoms with Crippen LogP contribution in [0.3, 0.4) is 0 Å². The molecule has 0 radical (unpaired) electrons. The third-order valence-corrected chi connectivity index (χ3v) is 4.91. The Hall–Kier alpha value is -3.65. The summed E-state index contributed by atoms with van der Waals surface area (Å²) in [5.74, 6) is -0.257. The maximum atomic E-state index is 12.6. The van der Waals surface area contributed by atoms with Crippen molar-refractivity contribution >= 4 is 43.8 Å². The van der Waals surface area contributed by atoms with Gasteiger partial charge in [-0.2, -0.15) is 0 Å². The highest BCUT2D eigenvalue weighted by Gasteiger charge is 2.15. The lowest BCUT2D eigenvalue weighted by Crippen LogP contribution is -2.14. The van der Waals surface area contributed by atoms with Gasteiger partial charge in [0.25, 0.3) is 0 Å². The van der Waals surface area contributed by atoms with E-state index in [9.17, 15) is 14.4 Å². The van der Waals surface area contributed by atoms with Crippen LogP contribution < -0.4 is 16.0 Å². The zero-order valence-corrected chi connectivity index (χ0v) is 17.6. The van der Waals surface area contributed by atoms with E-state index < -0.39 is 17.2 Å². The summed E-state index contributed by atoms with van der Waals surface area (Å²) in [6, 6.07) is 12.9. The molecular weight excluding hydrogens is 468 g/mol. The smallest absolute Gasteiger partial charge is 0.344 e. The number of hydrogen-bond acceptors (Lipinski definition) is 7. The Labute approximate surface area is 183 Å². The molecule has 0 aliphatic carbocycles. The Morgan fingerprint density at radius 3 is 2.65 bits per heavy atom. The van der Waals surface area contributed by atoms with Crippen molar-refractivity contribution in [1.82, 2.24) is 0 Å². The van der Waals surface area contributed by atoms with E-state index >= 15 is 0 Å². The highest BCUT2D eigenvalue weighted by molar-refractivity contribution is 9.10. The van der Waals surface area contributed by atoms with Crippen LogP contribution >= 0.6 is 15.9 Å². The van der Waals surface area contributed by atoms with Gasteiger partial charge >= 0.3 is 17.2 Å². The standard InChI is InChI=1S/C23H15BrO7/c1-2-7-28-22(26)12-29-15-4-5-16-17(11-21(25)30-20(16)10-15)18-9-13-8-14(24)3-6-19(13)31-23(18)27/h2-6,8-11H,1,7,12H2. The van der Waals surface area contributed by atoms with Gasteiger partial charge in [-0.25, -0.2) is 14.4 Å². The highest BCUT2D eigenvalue weighted by Crippen LogP contribution is 2.30. The number of carbonyl (C=O) groups excluding carboxylic acids is 1. The first-order valence-corrected chi connectivity index (χ1v) is 9.95. The molecule has 0 atom stereocenters. The Morgan fingerprint density at radius 2 is 1.84 bits per heavy atom. The van der Waals surface area contributed by atoms with Gasteiger partial charge in [-0.15, -0.1) is 0 Å². The summed E-state index contributed by atoms with van der Waals surface area (Å²) in [6.45, 7) is 3.24. The Morgan fingerprint density at radius 1 is 1.00 bits per heavy atom. The molecule has 0 N–H and O–H groups in total. The molecule has 31 heavy (non-hydrogen) atoms. The molecule has 0 bridgehead atoms. The molecule has 4 rings (SSSR count). The van der Waals surface area contributed by atoms with Gasteiger partial charge in [0, 0.05) is 32.9 Å². The molecule has 2 aromatic heterocycles. The summed E-state index contributed by atoms with van der Waals surface area (Å²) in [6.07, 6.45) is 1.45. The number of hydrogen-bond donors (Lipinski definition) is 0. The van der Waals surface area contributed by atoms with Crippen molar-refractivity contribution in [3.63, 3.8) is 0 Å². The van der Waals surface area contributed by atoms with Gasteiger partial charge < -0.3 is 18.3 Å². The van der Waals surface area contributed by atoms with Crippen molar-refractivity contribution in [2.45, 2.75) is 0 Å². The molecule has 0 aliphatic heterocycles. The minimum Gasteiger partial charge on any atom is -0.482 e. The van der Waals surface area contributed by atoms with E-state index in [-0.39, 0.29) is 24.4 Å². The average Bonchev–Trinajstić information content (AvgIpc) is 2.75. The first-order chi connectivity index (χ1) is 14.9. The number of ether oxygens (including phenoxy) is 2. The summed E-state index contributed by atoms with van der Waals surface area (Å²) in [5, 5.41) is 1.21. The van der Waals surface area contributed by atoms with Crippen LogP contribution in [0.1, 0.15) is 0 Å². The molecule has 0 unspecified atom stereocenters. The molecule has 7 nitrogen and oxygen atoms in total. The van der Waals surface area contributed by atoms with Crippen molar-refractivity contribution in [3.05, 3.63) is 86.5 Å². The number of benzene rings is 2. The minimum absolute atomic E-state index is 0.0864. The predicted molar refractivity (Wildman–Crippen MR) is 118 cm³/mol. The van der Waals surface area contributed by atoms with Crippen LogP contribution in [-0.4, -0.2) is 19.2 Å². The lowest BCUT2D eigenvalue weighted by molar-refractivity contribution is -0.144. The van der Waals surface area contributed by atoms with Crippen molar-refractivity contribution < 1.29 is 23.1 Å². The van der Waals surface area contributed by atoms with Crippen molar-refractivity contribution in [2.75, 3.05) is 13.2 Å². The largest absolute Gasteiger partial charge is 0.482 e. The third kappa shape index (κ3) is 4.44. The normalized spacial score (nSPS) is 10.9. The molecule has 0 spiro atoms. The van der Waals surface area contributed by atoms with Gasteiger partial charge in [0.05, 0.1) is 5.56 Å². The quantitative estimate of drug-likeness (QED) is 0.227. The van der Waals surface area contributed by atoms with E-state index in [2.05, 4.69) is 22.5 Å². The molecule has 0 amide bonds. The van der Waals surface area contributed by atoms with Gasteiger partial charge in [-0.05, 0) is 36.4 Å². The van der Waals surface area contributed by atoms with E-state index in [4.69, 9.17) is 18.3 Å². The molecule has 4 aromatic rings. The number of halogens is 1. The molecule has 2 aromatic carbocycles. The number of esters is 1. The van der Waals surface area contributed by atoms with Gasteiger partial charge in [-0.3, -0.25) is 0 Å². The first-order valence-electron chi connectivity index (χ1n) is 9.15. The van der Waals surface area contributed by atoms with E-state index in [1.54, 1.807) is 30.3 Å². The second-order valence-corrected chi connectivity index (χ2v) is 7.44. The number of rotatable bonds is 6. The number of fused-ring (bicyclic) bond motifs is 2. The highest BCUT2D eigenvalue weighted by atomic mass is 79.9. The van der Waals surface area contributed by atoms with Crippen LogP contribution in [0.25, 0.3) is 33.1 Å². The second kappa shape index (κ2) is 8.61. The van der Waals surface area contributed by atoms with Gasteiger partial charge in [0.1, 0.15) is 23.5 Å². The summed E-state index contributed by atoms with van der Waals surface area (Å²) in [4.78, 5) is 36.4. The van der Waals surface area contributed by atoms with E-state index in [1.165, 1.54) is 18.2 Å². The van der Waals surface area contributed by atoms with Crippen molar-refractivity contribution in [3.8, 4) is 16.9 Å². The van der Waals surface area contributed by atoms with Crippen molar-refractivity contribution in [2.24, 2.45) is 0 Å². The second-order valence-electron chi connectivity index (χ2n) is 6.53.